The predicted molar refractivity (Wildman–Crippen MR) is 52.3 cm³/mol. The van der Waals surface area contributed by atoms with E-state index in [2.05, 4.69) is 12.2 Å². The van der Waals surface area contributed by atoms with Crippen molar-refractivity contribution in [3.8, 4) is 0 Å². The molecule has 0 saturated heterocycles. The van der Waals surface area contributed by atoms with Crippen molar-refractivity contribution in [1.29, 1.82) is 0 Å². The Bertz CT molecular complexity index is 226. The van der Waals surface area contributed by atoms with Crippen LogP contribution in [0.4, 0.5) is 0 Å². The minimum atomic E-state index is -0.201. The Morgan fingerprint density at radius 1 is 1.62 bits per heavy atom. The largest absolute Gasteiger partial charge is 0.463 e. The Morgan fingerprint density at radius 3 is 3.23 bits per heavy atom. The van der Waals surface area contributed by atoms with E-state index in [0.717, 1.165) is 25.7 Å². The summed E-state index contributed by atoms with van der Waals surface area (Å²) >= 11 is 0. The number of carbonyl (C=O) groups is 1. The summed E-state index contributed by atoms with van der Waals surface area (Å²) in [5, 5.41) is 0. The second-order valence-corrected chi connectivity index (χ2v) is 3.12. The van der Waals surface area contributed by atoms with Crippen molar-refractivity contribution in [3.63, 3.8) is 0 Å². The Morgan fingerprint density at radius 2 is 2.46 bits per heavy atom. The molecule has 1 aliphatic rings. The van der Waals surface area contributed by atoms with Gasteiger partial charge in [0.1, 0.15) is 0 Å². The molecule has 1 aliphatic carbocycles. The highest BCUT2D eigenvalue weighted by molar-refractivity contribution is 5.82. The highest BCUT2D eigenvalue weighted by Crippen LogP contribution is 2.16. The molecule has 0 saturated carbocycles. The van der Waals surface area contributed by atoms with Gasteiger partial charge in [0.25, 0.3) is 0 Å². The number of esters is 1. The minimum absolute atomic E-state index is 0.201. The molecule has 1 rings (SSSR count). The highest BCUT2D eigenvalue weighted by atomic mass is 16.5. The molecule has 0 aromatic rings. The summed E-state index contributed by atoms with van der Waals surface area (Å²) in [6.07, 6.45) is 10.1. The Hall–Kier alpha value is -1.05. The van der Waals surface area contributed by atoms with E-state index in [4.69, 9.17) is 4.74 Å². The summed E-state index contributed by atoms with van der Waals surface area (Å²) in [5.74, 6) is -0.201. The molecule has 2 heteroatoms. The zero-order chi connectivity index (χ0) is 9.52. The fraction of sp³-hybridized carbons (Fsp3) is 0.545. The number of hydrogen-bond donors (Lipinski definition) is 0. The van der Waals surface area contributed by atoms with Gasteiger partial charge in [-0.15, -0.1) is 0 Å². The molecular formula is C11H16O2. The quantitative estimate of drug-likeness (QED) is 0.371. The van der Waals surface area contributed by atoms with E-state index in [0.29, 0.717) is 6.61 Å². The van der Waals surface area contributed by atoms with Crippen molar-refractivity contribution in [2.24, 2.45) is 0 Å². The van der Waals surface area contributed by atoms with Gasteiger partial charge in [0.2, 0.25) is 0 Å². The number of ether oxygens (including phenoxy) is 1. The predicted octanol–water partition coefficient (Wildman–Crippen LogP) is 2.61. The first-order valence-corrected chi connectivity index (χ1v) is 4.84. The molecule has 0 radical (unpaired) electrons. The molecular weight excluding hydrogens is 164 g/mol. The lowest BCUT2D eigenvalue weighted by molar-refractivity contribution is -0.137. The molecule has 72 valence electrons. The number of hydrogen-bond acceptors (Lipinski definition) is 2. The van der Waals surface area contributed by atoms with E-state index in [9.17, 15) is 4.79 Å². The third-order valence-corrected chi connectivity index (χ3v) is 2.02. The summed E-state index contributed by atoms with van der Waals surface area (Å²) < 4.78 is 4.85. The lowest BCUT2D eigenvalue weighted by Gasteiger charge is -2.01. The molecule has 13 heavy (non-hydrogen) atoms. The van der Waals surface area contributed by atoms with Crippen molar-refractivity contribution >= 4 is 5.97 Å². The van der Waals surface area contributed by atoms with Crippen molar-refractivity contribution in [2.45, 2.75) is 32.6 Å². The fourth-order valence-corrected chi connectivity index (χ4v) is 1.38. The van der Waals surface area contributed by atoms with E-state index in [1.54, 1.807) is 6.08 Å². The molecule has 2 nitrogen and oxygen atoms in total. The standard InChI is InChI=1S/C11H16O2/c1-2-13-11(12)9-10-7-5-3-4-6-8-10/h3,5,9H,2,4,6-8H2,1H3/b10-9+. The van der Waals surface area contributed by atoms with Gasteiger partial charge in [-0.2, -0.15) is 0 Å². The van der Waals surface area contributed by atoms with E-state index in [1.807, 2.05) is 6.92 Å². The van der Waals surface area contributed by atoms with E-state index in [-0.39, 0.29) is 5.97 Å². The van der Waals surface area contributed by atoms with Gasteiger partial charge < -0.3 is 4.74 Å². The number of rotatable bonds is 2. The first-order valence-electron chi connectivity index (χ1n) is 4.84. The summed E-state index contributed by atoms with van der Waals surface area (Å²) in [6, 6.07) is 0. The van der Waals surface area contributed by atoms with Crippen LogP contribution in [0.25, 0.3) is 0 Å². The van der Waals surface area contributed by atoms with Crippen LogP contribution in [0.2, 0.25) is 0 Å². The number of carbonyl (C=O) groups excluding carboxylic acids is 1. The van der Waals surface area contributed by atoms with Crippen LogP contribution in [0.15, 0.2) is 23.8 Å². The van der Waals surface area contributed by atoms with Crippen molar-refractivity contribution in [3.05, 3.63) is 23.8 Å². The van der Waals surface area contributed by atoms with Crippen molar-refractivity contribution in [2.75, 3.05) is 6.61 Å². The van der Waals surface area contributed by atoms with Crippen molar-refractivity contribution in [1.82, 2.24) is 0 Å². The second kappa shape index (κ2) is 5.57. The molecule has 0 bridgehead atoms. The average molecular weight is 180 g/mol. The fourth-order valence-electron chi connectivity index (χ4n) is 1.38. The Kier molecular flexibility index (Phi) is 4.30. The van der Waals surface area contributed by atoms with Gasteiger partial charge >= 0.3 is 5.97 Å². The van der Waals surface area contributed by atoms with Crippen LogP contribution in [0.3, 0.4) is 0 Å². The minimum Gasteiger partial charge on any atom is -0.463 e. The Labute approximate surface area is 79.3 Å². The zero-order valence-corrected chi connectivity index (χ0v) is 8.08. The summed E-state index contributed by atoms with van der Waals surface area (Å²) in [4.78, 5) is 11.1. The summed E-state index contributed by atoms with van der Waals surface area (Å²) in [5.41, 5.74) is 1.19. The van der Waals surface area contributed by atoms with Crippen molar-refractivity contribution < 1.29 is 9.53 Å². The van der Waals surface area contributed by atoms with E-state index in [1.165, 1.54) is 5.57 Å². The van der Waals surface area contributed by atoms with Gasteiger partial charge in [0.15, 0.2) is 0 Å². The van der Waals surface area contributed by atoms with Crippen LogP contribution in [0, 0.1) is 0 Å². The third kappa shape index (κ3) is 3.92. The van der Waals surface area contributed by atoms with Gasteiger partial charge in [-0.25, -0.2) is 4.79 Å². The van der Waals surface area contributed by atoms with E-state index < -0.39 is 0 Å². The van der Waals surface area contributed by atoms with Gasteiger partial charge in [-0.1, -0.05) is 17.7 Å². The Balaban J connectivity index is 2.48. The smallest absolute Gasteiger partial charge is 0.330 e. The third-order valence-electron chi connectivity index (χ3n) is 2.02. The lowest BCUT2D eigenvalue weighted by Crippen LogP contribution is -2.00. The molecule has 0 unspecified atom stereocenters. The molecule has 0 heterocycles. The lowest BCUT2D eigenvalue weighted by atomic mass is 10.1. The molecule has 0 atom stereocenters. The maximum Gasteiger partial charge on any atom is 0.330 e. The molecule has 0 aromatic heterocycles. The molecule has 0 spiro atoms. The monoisotopic (exact) mass is 180 g/mol. The van der Waals surface area contributed by atoms with Crippen LogP contribution in [0.1, 0.15) is 32.6 Å². The van der Waals surface area contributed by atoms with Gasteiger partial charge in [0.05, 0.1) is 6.61 Å². The van der Waals surface area contributed by atoms with Crippen LogP contribution in [0.5, 0.6) is 0 Å². The molecule has 0 aliphatic heterocycles. The zero-order valence-electron chi connectivity index (χ0n) is 8.08. The van der Waals surface area contributed by atoms with Crippen LogP contribution in [-0.4, -0.2) is 12.6 Å². The first kappa shape index (κ1) is 10.0. The van der Waals surface area contributed by atoms with Crippen LogP contribution >= 0.6 is 0 Å². The SMILES string of the molecule is CCOC(=O)/C=C1\CC=CCCC1. The molecule has 0 N–H and O–H groups in total. The maximum absolute atomic E-state index is 11.1. The van der Waals surface area contributed by atoms with Crippen LogP contribution < -0.4 is 0 Å². The highest BCUT2D eigenvalue weighted by Gasteiger charge is 2.03. The molecule has 0 amide bonds. The van der Waals surface area contributed by atoms with Crippen LogP contribution in [-0.2, 0) is 9.53 Å². The van der Waals surface area contributed by atoms with Gasteiger partial charge in [-0.3, -0.25) is 0 Å². The second-order valence-electron chi connectivity index (χ2n) is 3.12. The topological polar surface area (TPSA) is 26.3 Å². The first-order chi connectivity index (χ1) is 6.33. The van der Waals surface area contributed by atoms with Gasteiger partial charge in [0, 0.05) is 6.08 Å². The van der Waals surface area contributed by atoms with E-state index >= 15 is 0 Å². The molecule has 0 fully saturated rings. The average Bonchev–Trinajstić information content (AvgIpc) is 2.33. The maximum atomic E-state index is 11.1. The summed E-state index contributed by atoms with van der Waals surface area (Å²) in [6.45, 7) is 2.28. The number of allylic oxidation sites excluding steroid dienone is 3. The normalized spacial score (nSPS) is 19.9. The molecule has 0 aromatic carbocycles. The van der Waals surface area contributed by atoms with Gasteiger partial charge in [-0.05, 0) is 32.6 Å². The summed E-state index contributed by atoms with van der Waals surface area (Å²) in [7, 11) is 0.